The second-order valence-corrected chi connectivity index (χ2v) is 10.8. The van der Waals surface area contributed by atoms with E-state index in [1.165, 1.54) is 0 Å². The molecule has 34 heavy (non-hydrogen) atoms. The Morgan fingerprint density at radius 3 is 2.41 bits per heavy atom. The summed E-state index contributed by atoms with van der Waals surface area (Å²) in [6.45, 7) is 9.54. The number of ether oxygens (including phenoxy) is 1. The Morgan fingerprint density at radius 1 is 1.21 bits per heavy atom. The molecule has 3 amide bonds. The Balaban J connectivity index is 2.03. The van der Waals surface area contributed by atoms with Crippen LogP contribution in [0.1, 0.15) is 53.0 Å². The zero-order valence-corrected chi connectivity index (χ0v) is 21.0. The summed E-state index contributed by atoms with van der Waals surface area (Å²) in [7, 11) is 0. The molecule has 9 nitrogen and oxygen atoms in total. The molecule has 0 unspecified atom stereocenters. The van der Waals surface area contributed by atoms with Gasteiger partial charge in [0, 0.05) is 22.9 Å². The number of halogens is 1. The molecular formula is C24H34ClN3O6. The number of carboxylic acids is 1. The van der Waals surface area contributed by atoms with Crippen LogP contribution in [0.2, 0.25) is 5.02 Å². The smallest absolute Gasteiger partial charge is 0.407 e. The van der Waals surface area contributed by atoms with Crippen molar-refractivity contribution < 1.29 is 29.0 Å². The second kappa shape index (κ2) is 11.1. The number of aliphatic carboxylic acids is 1. The molecule has 2 rings (SSSR count). The van der Waals surface area contributed by atoms with Crippen molar-refractivity contribution in [3.8, 4) is 0 Å². The van der Waals surface area contributed by atoms with Crippen LogP contribution in [-0.4, -0.2) is 54.2 Å². The highest BCUT2D eigenvalue weighted by Gasteiger charge is 2.37. The predicted molar refractivity (Wildman–Crippen MR) is 128 cm³/mol. The number of alkyl carbamates (subject to hydrolysis) is 1. The Bertz CT molecular complexity index is 928. The fraction of sp³-hybridized carbons (Fsp3) is 0.583. The SMILES string of the molecule is CC(C)(COC(=O)N[C@H](C(=O)N[C@@H](C[C@@H]1CCNC1=O)C(=O)O)C(C)(C)C)c1cccc(Cl)c1. The van der Waals surface area contributed by atoms with Gasteiger partial charge in [0.25, 0.3) is 0 Å². The minimum absolute atomic E-state index is 0.0258. The van der Waals surface area contributed by atoms with Crippen LogP contribution in [0.3, 0.4) is 0 Å². The van der Waals surface area contributed by atoms with Crippen molar-refractivity contribution in [3.05, 3.63) is 34.9 Å². The fourth-order valence-electron chi connectivity index (χ4n) is 3.70. The topological polar surface area (TPSA) is 134 Å². The van der Waals surface area contributed by atoms with Crippen LogP contribution in [0, 0.1) is 11.3 Å². The summed E-state index contributed by atoms with van der Waals surface area (Å²) in [6.07, 6.45) is -0.317. The monoisotopic (exact) mass is 495 g/mol. The fourth-order valence-corrected chi connectivity index (χ4v) is 3.89. The molecule has 3 atom stereocenters. The first-order valence-electron chi connectivity index (χ1n) is 11.2. The summed E-state index contributed by atoms with van der Waals surface area (Å²) in [5.41, 5.74) is -0.379. The quantitative estimate of drug-likeness (QED) is 0.416. The van der Waals surface area contributed by atoms with Crippen molar-refractivity contribution in [2.24, 2.45) is 11.3 Å². The maximum absolute atomic E-state index is 13.0. The number of hydrogen-bond donors (Lipinski definition) is 4. The number of amides is 3. The number of carboxylic acid groups (broad SMARTS) is 1. The molecule has 1 aromatic rings. The predicted octanol–water partition coefficient (Wildman–Crippen LogP) is 2.85. The van der Waals surface area contributed by atoms with E-state index in [0.29, 0.717) is 18.0 Å². The van der Waals surface area contributed by atoms with Gasteiger partial charge in [0.1, 0.15) is 18.7 Å². The third kappa shape index (κ3) is 7.62. The number of hydrogen-bond acceptors (Lipinski definition) is 5. The normalized spacial score (nSPS) is 17.9. The first-order valence-corrected chi connectivity index (χ1v) is 11.6. The van der Waals surface area contributed by atoms with Gasteiger partial charge < -0.3 is 25.8 Å². The maximum atomic E-state index is 13.0. The average molecular weight is 496 g/mol. The molecule has 0 radical (unpaired) electrons. The summed E-state index contributed by atoms with van der Waals surface area (Å²) in [6, 6.07) is 4.93. The summed E-state index contributed by atoms with van der Waals surface area (Å²) in [4.78, 5) is 49.1. The Labute approximate surface area is 205 Å². The Morgan fingerprint density at radius 2 is 1.88 bits per heavy atom. The molecule has 10 heteroatoms. The highest BCUT2D eigenvalue weighted by molar-refractivity contribution is 6.30. The van der Waals surface area contributed by atoms with Crippen LogP contribution < -0.4 is 16.0 Å². The van der Waals surface area contributed by atoms with Crippen LogP contribution >= 0.6 is 11.6 Å². The summed E-state index contributed by atoms with van der Waals surface area (Å²) < 4.78 is 5.41. The summed E-state index contributed by atoms with van der Waals surface area (Å²) >= 11 is 6.06. The number of carbonyl (C=O) groups excluding carboxylic acids is 3. The van der Waals surface area contributed by atoms with Gasteiger partial charge in [-0.1, -0.05) is 58.4 Å². The van der Waals surface area contributed by atoms with Gasteiger partial charge in [-0.05, 0) is 36.0 Å². The molecule has 1 fully saturated rings. The standard InChI is InChI=1S/C24H34ClN3O6/c1-23(2,3)18(20(30)27-17(21(31)32)11-14-9-10-26-19(14)29)28-22(33)34-13-24(4,5)15-7-6-8-16(25)12-15/h6-8,12,14,17-18H,9-11,13H2,1-5H3,(H,26,29)(H,27,30)(H,28,33)(H,31,32)/t14-,17-,18+/m0/s1. The molecule has 1 heterocycles. The van der Waals surface area contributed by atoms with Crippen molar-refractivity contribution in [2.75, 3.05) is 13.2 Å². The van der Waals surface area contributed by atoms with E-state index in [9.17, 15) is 24.3 Å². The van der Waals surface area contributed by atoms with Crippen LogP contribution in [-0.2, 0) is 24.5 Å². The molecule has 1 aromatic carbocycles. The minimum Gasteiger partial charge on any atom is -0.480 e. The molecule has 1 aliphatic rings. The van der Waals surface area contributed by atoms with E-state index < -0.39 is 46.8 Å². The van der Waals surface area contributed by atoms with Gasteiger partial charge in [0.15, 0.2) is 0 Å². The lowest BCUT2D eigenvalue weighted by Gasteiger charge is -2.32. The first-order chi connectivity index (χ1) is 15.7. The van der Waals surface area contributed by atoms with Crippen LogP contribution in [0.4, 0.5) is 4.79 Å². The van der Waals surface area contributed by atoms with Crippen molar-refractivity contribution >= 4 is 35.5 Å². The third-order valence-electron chi connectivity index (χ3n) is 5.86. The zero-order valence-electron chi connectivity index (χ0n) is 20.2. The molecule has 188 valence electrons. The highest BCUT2D eigenvalue weighted by atomic mass is 35.5. The van der Waals surface area contributed by atoms with Crippen LogP contribution in [0.5, 0.6) is 0 Å². The number of rotatable bonds is 9. The molecule has 0 saturated carbocycles. The van der Waals surface area contributed by atoms with E-state index in [1.807, 2.05) is 26.0 Å². The zero-order chi connectivity index (χ0) is 25.7. The number of nitrogens with one attached hydrogen (secondary N) is 3. The number of carbonyl (C=O) groups is 4. The molecule has 0 aliphatic carbocycles. The number of benzene rings is 1. The van der Waals surface area contributed by atoms with Gasteiger partial charge in [-0.3, -0.25) is 9.59 Å². The van der Waals surface area contributed by atoms with Gasteiger partial charge >= 0.3 is 12.1 Å². The molecule has 4 N–H and O–H groups in total. The third-order valence-corrected chi connectivity index (χ3v) is 6.09. The summed E-state index contributed by atoms with van der Waals surface area (Å²) in [5, 5.41) is 17.8. The first kappa shape index (κ1) is 27.4. The Kier molecular flexibility index (Phi) is 8.94. The van der Waals surface area contributed by atoms with E-state index in [-0.39, 0.29) is 18.9 Å². The van der Waals surface area contributed by atoms with Gasteiger partial charge in [0.2, 0.25) is 11.8 Å². The average Bonchev–Trinajstić information content (AvgIpc) is 3.13. The molecule has 0 spiro atoms. The second-order valence-electron chi connectivity index (χ2n) is 10.3. The largest absolute Gasteiger partial charge is 0.480 e. The van der Waals surface area contributed by atoms with E-state index in [0.717, 1.165) is 5.56 Å². The molecule has 1 saturated heterocycles. The van der Waals surface area contributed by atoms with Crippen molar-refractivity contribution in [3.63, 3.8) is 0 Å². The molecular weight excluding hydrogens is 462 g/mol. The maximum Gasteiger partial charge on any atom is 0.407 e. The van der Waals surface area contributed by atoms with Crippen molar-refractivity contribution in [1.29, 1.82) is 0 Å². The van der Waals surface area contributed by atoms with Gasteiger partial charge in [0.05, 0.1) is 0 Å². The van der Waals surface area contributed by atoms with E-state index in [4.69, 9.17) is 16.3 Å². The van der Waals surface area contributed by atoms with Crippen LogP contribution in [0.25, 0.3) is 0 Å². The molecule has 1 aliphatic heterocycles. The van der Waals surface area contributed by atoms with Gasteiger partial charge in [-0.15, -0.1) is 0 Å². The Hall–Kier alpha value is -2.81. The lowest BCUT2D eigenvalue weighted by molar-refractivity contribution is -0.143. The lowest BCUT2D eigenvalue weighted by Crippen LogP contribution is -2.57. The van der Waals surface area contributed by atoms with Crippen molar-refractivity contribution in [1.82, 2.24) is 16.0 Å². The van der Waals surface area contributed by atoms with E-state index in [2.05, 4.69) is 16.0 Å². The lowest BCUT2D eigenvalue weighted by atomic mass is 9.85. The van der Waals surface area contributed by atoms with E-state index in [1.54, 1.807) is 32.9 Å². The van der Waals surface area contributed by atoms with Crippen LogP contribution in [0.15, 0.2) is 24.3 Å². The highest BCUT2D eigenvalue weighted by Crippen LogP contribution is 2.26. The summed E-state index contributed by atoms with van der Waals surface area (Å²) in [5.74, 6) is -2.62. The molecule has 0 aromatic heterocycles. The molecule has 0 bridgehead atoms. The minimum atomic E-state index is -1.26. The van der Waals surface area contributed by atoms with Gasteiger partial charge in [-0.2, -0.15) is 0 Å². The van der Waals surface area contributed by atoms with Gasteiger partial charge in [-0.25, -0.2) is 9.59 Å². The van der Waals surface area contributed by atoms with Crippen molar-refractivity contribution in [2.45, 2.75) is 65.0 Å². The van der Waals surface area contributed by atoms with E-state index >= 15 is 0 Å².